The van der Waals surface area contributed by atoms with Crippen LogP contribution >= 0.6 is 22.9 Å². The molecule has 0 aliphatic carbocycles. The number of amides is 1. The number of carbonyl (C=O) groups is 1. The lowest BCUT2D eigenvalue weighted by molar-refractivity contribution is 0.0870. The average Bonchev–Trinajstić information content (AvgIpc) is 3.38. The van der Waals surface area contributed by atoms with E-state index in [9.17, 15) is 18.0 Å². The molecule has 0 saturated carbocycles. The summed E-state index contributed by atoms with van der Waals surface area (Å²) in [4.78, 5) is 22.9. The van der Waals surface area contributed by atoms with Crippen LogP contribution in [-0.4, -0.2) is 47.0 Å². The van der Waals surface area contributed by atoms with Crippen molar-refractivity contribution in [3.05, 3.63) is 74.7 Å². The smallest absolute Gasteiger partial charge is 0.281 e. The lowest BCUT2D eigenvalue weighted by Gasteiger charge is -2.37. The Morgan fingerprint density at radius 2 is 2.11 bits per heavy atom. The van der Waals surface area contributed by atoms with Gasteiger partial charge in [0.1, 0.15) is 23.3 Å². The van der Waals surface area contributed by atoms with Crippen molar-refractivity contribution in [3.63, 3.8) is 0 Å². The number of likely N-dealkylation sites (tertiary alicyclic amines) is 1. The fraction of sp³-hybridized carbons (Fsp3) is 0.360. The average molecular weight is 550 g/mol. The van der Waals surface area contributed by atoms with Gasteiger partial charge in [-0.1, -0.05) is 17.7 Å². The molecule has 1 N–H and O–H groups in total. The molecule has 0 bridgehead atoms. The molecule has 1 atom stereocenters. The van der Waals surface area contributed by atoms with Crippen LogP contribution in [0.5, 0.6) is 5.75 Å². The van der Waals surface area contributed by atoms with Crippen molar-refractivity contribution in [2.45, 2.75) is 25.3 Å². The molecule has 12 heteroatoms. The van der Waals surface area contributed by atoms with E-state index in [0.29, 0.717) is 35.9 Å². The van der Waals surface area contributed by atoms with Gasteiger partial charge in [0, 0.05) is 18.8 Å². The Morgan fingerprint density at radius 3 is 2.81 bits per heavy atom. The summed E-state index contributed by atoms with van der Waals surface area (Å²) in [6.45, 7) is 1.57. The van der Waals surface area contributed by atoms with Crippen LogP contribution < -0.4 is 10.1 Å². The first kappa shape index (κ1) is 26.9. The quantitative estimate of drug-likeness (QED) is 0.384. The molecule has 1 unspecified atom stereocenters. The van der Waals surface area contributed by atoms with Gasteiger partial charge in [0.25, 0.3) is 12.3 Å². The van der Waals surface area contributed by atoms with Gasteiger partial charge in [-0.15, -0.1) is 11.3 Å². The fourth-order valence-electron chi connectivity index (χ4n) is 4.26. The molecule has 7 nitrogen and oxygen atoms in total. The van der Waals surface area contributed by atoms with E-state index in [0.717, 1.165) is 30.2 Å². The molecule has 0 spiro atoms. The van der Waals surface area contributed by atoms with Crippen molar-refractivity contribution < 1.29 is 22.7 Å². The second-order valence-corrected chi connectivity index (χ2v) is 9.83. The number of rotatable bonds is 9. The molecule has 0 radical (unpaired) electrons. The van der Waals surface area contributed by atoms with Gasteiger partial charge >= 0.3 is 0 Å². The summed E-state index contributed by atoms with van der Waals surface area (Å²) in [5.74, 6) is -0.748. The molecule has 3 heterocycles. The molecular weight excluding hydrogens is 527 g/mol. The summed E-state index contributed by atoms with van der Waals surface area (Å²) in [5.41, 5.74) is 1.17. The van der Waals surface area contributed by atoms with E-state index in [1.807, 2.05) is 11.0 Å². The largest absolute Gasteiger partial charge is 0.492 e. The maximum atomic E-state index is 14.2. The predicted octanol–water partition coefficient (Wildman–Crippen LogP) is 5.40. The maximum absolute atomic E-state index is 14.2. The van der Waals surface area contributed by atoms with E-state index >= 15 is 0 Å². The molecule has 1 aliphatic heterocycles. The Balaban J connectivity index is 1.43. The number of hydrogen-bond acceptors (Lipinski definition) is 7. The minimum Gasteiger partial charge on any atom is -0.492 e. The zero-order valence-electron chi connectivity index (χ0n) is 19.5. The first-order valence-electron chi connectivity index (χ1n) is 11.5. The van der Waals surface area contributed by atoms with Crippen molar-refractivity contribution in [2.75, 3.05) is 26.2 Å². The van der Waals surface area contributed by atoms with Gasteiger partial charge in [0.2, 0.25) is 0 Å². The summed E-state index contributed by atoms with van der Waals surface area (Å²) in [6, 6.07) is 7.02. The van der Waals surface area contributed by atoms with Crippen LogP contribution in [-0.2, 0) is 0 Å². The SMILES string of the molecule is N#Cc1cncc(OCC2CCN(C(CNC(=O)c3c(F)cccc3Cl)c3scnc3C(F)F)CC2)c1. The van der Waals surface area contributed by atoms with Crippen LogP contribution in [0.2, 0.25) is 5.02 Å². The van der Waals surface area contributed by atoms with Gasteiger partial charge in [-0.05, 0) is 44.0 Å². The lowest BCUT2D eigenvalue weighted by Crippen LogP contribution is -2.43. The van der Waals surface area contributed by atoms with Crippen molar-refractivity contribution >= 4 is 28.8 Å². The van der Waals surface area contributed by atoms with E-state index in [1.165, 1.54) is 23.8 Å². The number of pyridine rings is 1. The minimum atomic E-state index is -2.76. The number of halogens is 4. The van der Waals surface area contributed by atoms with Crippen LogP contribution in [0.1, 0.15) is 51.8 Å². The van der Waals surface area contributed by atoms with Gasteiger partial charge in [0.15, 0.2) is 0 Å². The summed E-state index contributed by atoms with van der Waals surface area (Å²) in [7, 11) is 0. The maximum Gasteiger partial charge on any atom is 0.281 e. The van der Waals surface area contributed by atoms with Crippen LogP contribution in [0.3, 0.4) is 0 Å². The monoisotopic (exact) mass is 549 g/mol. The van der Waals surface area contributed by atoms with Gasteiger partial charge in [-0.25, -0.2) is 18.2 Å². The normalized spacial score (nSPS) is 15.4. The number of piperidine rings is 1. The number of hydrogen-bond donors (Lipinski definition) is 1. The van der Waals surface area contributed by atoms with E-state index in [4.69, 9.17) is 21.6 Å². The number of aromatic nitrogens is 2. The Bertz CT molecular complexity index is 1260. The number of ether oxygens (including phenoxy) is 1. The zero-order chi connectivity index (χ0) is 26.4. The van der Waals surface area contributed by atoms with Gasteiger partial charge < -0.3 is 10.1 Å². The second-order valence-electron chi connectivity index (χ2n) is 8.54. The first-order valence-corrected chi connectivity index (χ1v) is 12.8. The van der Waals surface area contributed by atoms with E-state index in [1.54, 1.807) is 12.3 Å². The van der Waals surface area contributed by atoms with Crippen LogP contribution in [0.25, 0.3) is 0 Å². The number of carbonyl (C=O) groups excluding carboxylic acids is 1. The number of benzene rings is 1. The highest BCUT2D eigenvalue weighted by Gasteiger charge is 2.32. The number of alkyl halides is 2. The second kappa shape index (κ2) is 12.4. The molecule has 37 heavy (non-hydrogen) atoms. The summed E-state index contributed by atoms with van der Waals surface area (Å²) in [5, 5.41) is 11.7. The summed E-state index contributed by atoms with van der Waals surface area (Å²) in [6.07, 6.45) is 1.71. The predicted molar refractivity (Wildman–Crippen MR) is 132 cm³/mol. The standard InChI is InChI=1S/C25H23ClF3N5O2S/c26-18-2-1-3-19(27)21(18)25(35)32-12-20(23-22(24(28)29)33-14-37-23)34-6-4-15(5-7-34)13-36-17-8-16(9-30)10-31-11-17/h1-3,8,10-11,14-15,20,24H,4-7,12-13H2,(H,32,35). The highest BCUT2D eigenvalue weighted by atomic mass is 35.5. The van der Waals surface area contributed by atoms with Crippen LogP contribution in [0, 0.1) is 23.1 Å². The summed E-state index contributed by atoms with van der Waals surface area (Å²) >= 11 is 7.11. The van der Waals surface area contributed by atoms with E-state index in [2.05, 4.69) is 15.3 Å². The van der Waals surface area contributed by atoms with Crippen molar-refractivity contribution in [3.8, 4) is 11.8 Å². The number of nitrogens with one attached hydrogen (secondary N) is 1. The van der Waals surface area contributed by atoms with Gasteiger partial charge in [-0.3, -0.25) is 14.7 Å². The van der Waals surface area contributed by atoms with E-state index < -0.39 is 24.2 Å². The Kier molecular flexibility index (Phi) is 8.97. The van der Waals surface area contributed by atoms with Gasteiger partial charge in [0.05, 0.1) is 45.4 Å². The molecule has 2 aromatic heterocycles. The molecule has 3 aromatic rings. The molecule has 1 amide bonds. The van der Waals surface area contributed by atoms with Crippen molar-refractivity contribution in [2.24, 2.45) is 5.92 Å². The summed E-state index contributed by atoms with van der Waals surface area (Å²) < 4.78 is 47.4. The molecule has 1 aromatic carbocycles. The number of nitriles is 1. The van der Waals surface area contributed by atoms with E-state index in [-0.39, 0.29) is 28.7 Å². The third-order valence-corrected chi connectivity index (χ3v) is 7.46. The highest BCUT2D eigenvalue weighted by molar-refractivity contribution is 7.09. The number of nitrogens with zero attached hydrogens (tertiary/aromatic N) is 4. The van der Waals surface area contributed by atoms with Gasteiger partial charge in [-0.2, -0.15) is 5.26 Å². The van der Waals surface area contributed by atoms with Crippen molar-refractivity contribution in [1.29, 1.82) is 5.26 Å². The van der Waals surface area contributed by atoms with Crippen LogP contribution in [0.15, 0.2) is 42.2 Å². The zero-order valence-corrected chi connectivity index (χ0v) is 21.1. The highest BCUT2D eigenvalue weighted by Crippen LogP contribution is 2.35. The third-order valence-electron chi connectivity index (χ3n) is 6.20. The molecular formula is C25H23ClF3N5O2S. The first-order chi connectivity index (χ1) is 17.9. The van der Waals surface area contributed by atoms with Crippen LogP contribution in [0.4, 0.5) is 13.2 Å². The Morgan fingerprint density at radius 1 is 1.32 bits per heavy atom. The topological polar surface area (TPSA) is 91.1 Å². The molecule has 1 aliphatic rings. The lowest BCUT2D eigenvalue weighted by atomic mass is 9.96. The van der Waals surface area contributed by atoms with Crippen molar-refractivity contribution in [1.82, 2.24) is 20.2 Å². The molecule has 1 fully saturated rings. The molecule has 1 saturated heterocycles. The Hall–Kier alpha value is -3.20. The fourth-order valence-corrected chi connectivity index (χ4v) is 5.44. The molecule has 194 valence electrons. The number of thiazole rings is 1. The minimum absolute atomic E-state index is 0.0147. The Labute approximate surface area is 220 Å². The third kappa shape index (κ3) is 6.57. The molecule has 4 rings (SSSR count).